The second-order valence-corrected chi connectivity index (χ2v) is 5.27. The molecule has 6 heteroatoms. The van der Waals surface area contributed by atoms with Crippen molar-refractivity contribution in [2.75, 3.05) is 10.6 Å². The van der Waals surface area contributed by atoms with Crippen molar-refractivity contribution >= 4 is 28.3 Å². The van der Waals surface area contributed by atoms with Gasteiger partial charge in [-0.25, -0.2) is 9.78 Å². The molecule has 0 bridgehead atoms. The van der Waals surface area contributed by atoms with E-state index in [1.807, 2.05) is 54.7 Å². The number of amides is 2. The second-order valence-electron chi connectivity index (χ2n) is 5.27. The number of H-pyrrole nitrogens is 1. The van der Waals surface area contributed by atoms with Gasteiger partial charge in [-0.1, -0.05) is 24.3 Å². The predicted octanol–water partition coefficient (Wildman–Crippen LogP) is 4.47. The number of carbonyl (C=O) groups excluding carboxylic acids is 1. The van der Waals surface area contributed by atoms with Crippen LogP contribution in [0.4, 0.5) is 16.2 Å². The monoisotopic (exact) mass is 318 g/mol. The second kappa shape index (κ2) is 5.92. The van der Waals surface area contributed by atoms with Crippen LogP contribution in [0.2, 0.25) is 0 Å². The molecule has 0 fully saturated rings. The maximum Gasteiger partial charge on any atom is 0.323 e. The number of urea groups is 1. The van der Waals surface area contributed by atoms with Crippen LogP contribution >= 0.6 is 0 Å². The Morgan fingerprint density at radius 2 is 1.88 bits per heavy atom. The largest absolute Gasteiger partial charge is 0.443 e. The molecule has 2 aromatic heterocycles. The molecule has 0 saturated carbocycles. The summed E-state index contributed by atoms with van der Waals surface area (Å²) in [4.78, 5) is 19.2. The van der Waals surface area contributed by atoms with Gasteiger partial charge in [-0.15, -0.1) is 0 Å². The van der Waals surface area contributed by atoms with Gasteiger partial charge in [0.05, 0.1) is 6.20 Å². The average Bonchev–Trinajstić information content (AvgIpc) is 3.24. The lowest BCUT2D eigenvalue weighted by atomic mass is 10.1. The van der Waals surface area contributed by atoms with Crippen LogP contribution in [0, 0.1) is 0 Å². The van der Waals surface area contributed by atoms with E-state index in [2.05, 4.69) is 20.6 Å². The number of oxazole rings is 1. The van der Waals surface area contributed by atoms with Crippen LogP contribution in [0.3, 0.4) is 0 Å². The number of hydrogen-bond donors (Lipinski definition) is 3. The minimum Gasteiger partial charge on any atom is -0.443 e. The summed E-state index contributed by atoms with van der Waals surface area (Å²) in [6.07, 6.45) is 4.93. The van der Waals surface area contributed by atoms with E-state index in [4.69, 9.17) is 4.42 Å². The van der Waals surface area contributed by atoms with Crippen LogP contribution in [0.5, 0.6) is 0 Å². The minimum absolute atomic E-state index is 0.289. The molecule has 0 atom stereocenters. The molecular weight excluding hydrogens is 304 g/mol. The summed E-state index contributed by atoms with van der Waals surface area (Å²) in [7, 11) is 0. The summed E-state index contributed by atoms with van der Waals surface area (Å²) in [6.45, 7) is 0. The first-order valence-corrected chi connectivity index (χ1v) is 7.43. The summed E-state index contributed by atoms with van der Waals surface area (Å²) >= 11 is 0. The molecule has 4 aromatic rings. The average molecular weight is 318 g/mol. The lowest BCUT2D eigenvalue weighted by Crippen LogP contribution is -2.19. The first-order chi connectivity index (χ1) is 11.8. The molecule has 6 nitrogen and oxygen atoms in total. The van der Waals surface area contributed by atoms with E-state index < -0.39 is 0 Å². The third-order valence-corrected chi connectivity index (χ3v) is 3.67. The Kier molecular flexibility index (Phi) is 3.47. The van der Waals surface area contributed by atoms with Crippen LogP contribution in [0.1, 0.15) is 0 Å². The molecule has 2 aromatic carbocycles. The van der Waals surface area contributed by atoms with Gasteiger partial charge < -0.3 is 20.0 Å². The van der Waals surface area contributed by atoms with Crippen molar-refractivity contribution in [1.82, 2.24) is 9.97 Å². The molecule has 0 spiro atoms. The zero-order chi connectivity index (χ0) is 16.4. The molecule has 0 aliphatic carbocycles. The van der Waals surface area contributed by atoms with Crippen molar-refractivity contribution in [1.29, 1.82) is 0 Å². The van der Waals surface area contributed by atoms with Crippen molar-refractivity contribution in [3.8, 4) is 11.3 Å². The Morgan fingerprint density at radius 1 is 1.04 bits per heavy atom. The van der Waals surface area contributed by atoms with Gasteiger partial charge in [0.25, 0.3) is 0 Å². The molecule has 2 amide bonds. The number of aromatic nitrogens is 2. The van der Waals surface area contributed by atoms with Crippen molar-refractivity contribution in [3.63, 3.8) is 0 Å². The van der Waals surface area contributed by atoms with Gasteiger partial charge >= 0.3 is 6.03 Å². The number of carbonyl (C=O) groups is 1. The van der Waals surface area contributed by atoms with Gasteiger partial charge in [-0.2, -0.15) is 0 Å². The molecule has 4 rings (SSSR count). The molecule has 2 heterocycles. The van der Waals surface area contributed by atoms with Crippen molar-refractivity contribution in [2.24, 2.45) is 0 Å². The Morgan fingerprint density at radius 3 is 2.67 bits per heavy atom. The summed E-state index contributed by atoms with van der Waals surface area (Å²) in [5.41, 5.74) is 3.27. The number of nitrogens with one attached hydrogen (secondary N) is 3. The highest BCUT2D eigenvalue weighted by atomic mass is 16.3. The van der Waals surface area contributed by atoms with E-state index in [1.165, 1.54) is 6.39 Å². The van der Waals surface area contributed by atoms with Crippen LogP contribution in [0.25, 0.3) is 22.2 Å². The number of para-hydroxylation sites is 1. The molecule has 24 heavy (non-hydrogen) atoms. The third kappa shape index (κ3) is 2.72. The van der Waals surface area contributed by atoms with E-state index in [9.17, 15) is 4.79 Å². The van der Waals surface area contributed by atoms with Crippen molar-refractivity contribution < 1.29 is 9.21 Å². The molecule has 3 N–H and O–H groups in total. The zero-order valence-corrected chi connectivity index (χ0v) is 12.6. The van der Waals surface area contributed by atoms with Gasteiger partial charge in [0.15, 0.2) is 12.2 Å². The topological polar surface area (TPSA) is 82.9 Å². The van der Waals surface area contributed by atoms with Crippen molar-refractivity contribution in [2.45, 2.75) is 0 Å². The number of anilines is 2. The predicted molar refractivity (Wildman–Crippen MR) is 92.9 cm³/mol. The van der Waals surface area contributed by atoms with Gasteiger partial charge in [0, 0.05) is 34.0 Å². The highest BCUT2D eigenvalue weighted by Gasteiger charge is 2.10. The minimum atomic E-state index is -0.289. The first-order valence-electron chi connectivity index (χ1n) is 7.43. The van der Waals surface area contributed by atoms with Crippen LogP contribution in [0.15, 0.2) is 71.7 Å². The Bertz CT molecular complexity index is 975. The van der Waals surface area contributed by atoms with Crippen LogP contribution in [-0.4, -0.2) is 16.0 Å². The zero-order valence-electron chi connectivity index (χ0n) is 12.6. The van der Waals surface area contributed by atoms with Gasteiger partial charge in [0.1, 0.15) is 0 Å². The molecule has 0 aliphatic rings. The molecule has 0 radical (unpaired) electrons. The quantitative estimate of drug-likeness (QED) is 0.521. The number of nitrogens with zero attached hydrogens (tertiary/aromatic N) is 1. The maximum atomic E-state index is 12.1. The lowest BCUT2D eigenvalue weighted by Gasteiger charge is -2.07. The lowest BCUT2D eigenvalue weighted by molar-refractivity contribution is 0.262. The number of fused-ring (bicyclic) bond motifs is 1. The molecule has 0 aliphatic heterocycles. The highest BCUT2D eigenvalue weighted by Crippen LogP contribution is 2.29. The smallest absolute Gasteiger partial charge is 0.323 e. The summed E-state index contributed by atoms with van der Waals surface area (Å²) < 4.78 is 5.34. The van der Waals surface area contributed by atoms with Crippen molar-refractivity contribution in [3.05, 3.63) is 67.3 Å². The van der Waals surface area contributed by atoms with E-state index in [0.29, 0.717) is 11.4 Å². The molecular formula is C18H14N4O2. The first kappa shape index (κ1) is 14.1. The van der Waals surface area contributed by atoms with E-state index >= 15 is 0 Å². The number of rotatable bonds is 3. The van der Waals surface area contributed by atoms with Gasteiger partial charge in [0.2, 0.25) is 0 Å². The fourth-order valence-corrected chi connectivity index (χ4v) is 2.57. The highest BCUT2D eigenvalue weighted by molar-refractivity contribution is 6.02. The molecule has 0 saturated heterocycles. The summed E-state index contributed by atoms with van der Waals surface area (Å²) in [5.74, 6) is 0.698. The Balaban J connectivity index is 1.54. The SMILES string of the molecule is O=C(Nc1ccccc1)Nc1ccc2c(-c3cnco3)c[nH]c2c1. The van der Waals surface area contributed by atoms with Gasteiger partial charge in [-0.05, 0) is 24.3 Å². The van der Waals surface area contributed by atoms with E-state index in [-0.39, 0.29) is 6.03 Å². The van der Waals surface area contributed by atoms with E-state index in [1.54, 1.807) is 6.20 Å². The number of hydrogen-bond acceptors (Lipinski definition) is 3. The Hall–Kier alpha value is -3.54. The van der Waals surface area contributed by atoms with Crippen LogP contribution in [-0.2, 0) is 0 Å². The third-order valence-electron chi connectivity index (χ3n) is 3.67. The summed E-state index contributed by atoms with van der Waals surface area (Å²) in [5, 5.41) is 6.60. The Labute approximate surface area is 137 Å². The maximum absolute atomic E-state index is 12.1. The molecule has 118 valence electrons. The number of benzene rings is 2. The normalized spacial score (nSPS) is 10.7. The van der Waals surface area contributed by atoms with Gasteiger partial charge in [-0.3, -0.25) is 0 Å². The molecule has 0 unspecified atom stereocenters. The fourth-order valence-electron chi connectivity index (χ4n) is 2.57. The van der Waals surface area contributed by atoms with Crippen LogP contribution < -0.4 is 10.6 Å². The number of aromatic amines is 1. The van der Waals surface area contributed by atoms with E-state index in [0.717, 1.165) is 22.2 Å². The standard InChI is InChI=1S/C18H14N4O2/c23-18(21-12-4-2-1-3-5-12)22-13-6-7-14-15(9-20-16(14)8-13)17-10-19-11-24-17/h1-11,20H,(H2,21,22,23). The summed E-state index contributed by atoms with van der Waals surface area (Å²) in [6, 6.07) is 14.7. The fraction of sp³-hybridized carbons (Fsp3) is 0.